The van der Waals surface area contributed by atoms with E-state index in [1.54, 1.807) is 17.7 Å². The van der Waals surface area contributed by atoms with Crippen LogP contribution in [0.1, 0.15) is 11.4 Å². The number of rotatable bonds is 6. The summed E-state index contributed by atoms with van der Waals surface area (Å²) in [5, 5.41) is 27.7. The van der Waals surface area contributed by atoms with Crippen molar-refractivity contribution in [1.82, 2.24) is 19.6 Å². The molecule has 0 aliphatic heterocycles. The smallest absolute Gasteiger partial charge is 0.240 e. The lowest BCUT2D eigenvalue weighted by Crippen LogP contribution is -2.08. The molecule has 0 atom stereocenters. The zero-order valence-electron chi connectivity index (χ0n) is 15.3. The first-order chi connectivity index (χ1) is 13.5. The lowest BCUT2D eigenvalue weighted by molar-refractivity contribution is 0.211. The number of hydrogen-bond acceptors (Lipinski definition) is 8. The van der Waals surface area contributed by atoms with Gasteiger partial charge < -0.3 is 26.0 Å². The van der Waals surface area contributed by atoms with Gasteiger partial charge in [0.2, 0.25) is 5.95 Å². The fraction of sp³-hybridized carbons (Fsp3) is 0.211. The highest BCUT2D eigenvalue weighted by Crippen LogP contribution is 2.27. The lowest BCUT2D eigenvalue weighted by Gasteiger charge is -2.10. The highest BCUT2D eigenvalue weighted by Gasteiger charge is 2.14. The van der Waals surface area contributed by atoms with E-state index < -0.39 is 0 Å². The molecule has 2 aromatic carbocycles. The van der Waals surface area contributed by atoms with Gasteiger partial charge in [-0.1, -0.05) is 6.07 Å². The van der Waals surface area contributed by atoms with Gasteiger partial charge in [-0.15, -0.1) is 5.10 Å². The Morgan fingerprint density at radius 3 is 2.75 bits per heavy atom. The monoisotopic (exact) mass is 380 g/mol. The zero-order chi connectivity index (χ0) is 19.7. The second-order valence-electron chi connectivity index (χ2n) is 6.38. The number of nitrogen functional groups attached to an aromatic ring is 1. The topological polar surface area (TPSA) is 131 Å². The largest absolute Gasteiger partial charge is 0.504 e. The highest BCUT2D eigenvalue weighted by molar-refractivity contribution is 5.93. The van der Waals surface area contributed by atoms with Crippen LogP contribution in [0.2, 0.25) is 0 Å². The molecule has 4 rings (SSSR count). The van der Waals surface area contributed by atoms with Crippen molar-refractivity contribution in [3.63, 3.8) is 0 Å². The van der Waals surface area contributed by atoms with Gasteiger partial charge in [0, 0.05) is 31.1 Å². The third kappa shape index (κ3) is 3.35. The van der Waals surface area contributed by atoms with E-state index >= 15 is 0 Å². The van der Waals surface area contributed by atoms with Crippen LogP contribution in [0.5, 0.6) is 11.5 Å². The molecule has 0 saturated heterocycles. The van der Waals surface area contributed by atoms with E-state index in [0.717, 1.165) is 22.2 Å². The number of anilines is 2. The summed E-state index contributed by atoms with van der Waals surface area (Å²) in [5.41, 5.74) is 8.88. The van der Waals surface area contributed by atoms with Crippen molar-refractivity contribution in [3.05, 3.63) is 47.8 Å². The van der Waals surface area contributed by atoms with Crippen molar-refractivity contribution < 1.29 is 14.9 Å². The summed E-state index contributed by atoms with van der Waals surface area (Å²) in [6.45, 7) is 1.28. The average Bonchev–Trinajstić information content (AvgIpc) is 3.07. The van der Waals surface area contributed by atoms with Gasteiger partial charge in [-0.3, -0.25) is 0 Å². The van der Waals surface area contributed by atoms with Gasteiger partial charge >= 0.3 is 0 Å². The van der Waals surface area contributed by atoms with E-state index in [1.165, 1.54) is 12.1 Å². The molecule has 2 aromatic heterocycles. The van der Waals surface area contributed by atoms with Crippen LogP contribution in [-0.2, 0) is 11.2 Å². The minimum Gasteiger partial charge on any atom is -0.504 e. The van der Waals surface area contributed by atoms with Crippen LogP contribution in [0.3, 0.4) is 0 Å². The summed E-state index contributed by atoms with van der Waals surface area (Å²) in [4.78, 5) is 9.08. The number of nitrogens with one attached hydrogen (secondary N) is 1. The molecule has 0 aliphatic rings. The second kappa shape index (κ2) is 7.20. The molecule has 0 saturated carbocycles. The van der Waals surface area contributed by atoms with Crippen molar-refractivity contribution in [2.45, 2.75) is 6.42 Å². The maximum atomic E-state index is 9.76. The molecular weight excluding hydrogens is 360 g/mol. The molecule has 0 unspecified atom stereocenters. The number of hydrogen-bond donors (Lipinski definition) is 4. The minimum atomic E-state index is -0.183. The number of nitrogens with two attached hydrogens (primary N) is 1. The minimum absolute atomic E-state index is 0.159. The molecule has 0 fully saturated rings. The van der Waals surface area contributed by atoms with Gasteiger partial charge in [-0.25, -0.2) is 4.98 Å². The first kappa shape index (κ1) is 17.8. The number of fused-ring (bicyclic) bond motifs is 3. The Morgan fingerprint density at radius 2 is 1.96 bits per heavy atom. The number of nitrogens with zero attached hydrogens (tertiary/aromatic N) is 4. The number of phenols is 2. The standard InChI is InChI=1S/C19H20N6O3/c1-28-7-6-21-12-3-4-13-14(10-12)22-17(25-18(13)23-19(20)24-25)9-11-2-5-15(26)16(27)8-11/h2-5,8,10,21,26-27H,6-7,9H2,1H3,(H2,20,24). The maximum absolute atomic E-state index is 9.76. The fourth-order valence-corrected chi connectivity index (χ4v) is 3.07. The van der Waals surface area contributed by atoms with Gasteiger partial charge in [0.1, 0.15) is 5.82 Å². The Hall–Kier alpha value is -3.59. The Labute approximate surface area is 160 Å². The van der Waals surface area contributed by atoms with Crippen LogP contribution in [0, 0.1) is 0 Å². The predicted molar refractivity (Wildman–Crippen MR) is 106 cm³/mol. The molecule has 0 radical (unpaired) electrons. The molecule has 5 N–H and O–H groups in total. The summed E-state index contributed by atoms with van der Waals surface area (Å²) in [6, 6.07) is 10.5. The summed E-state index contributed by atoms with van der Waals surface area (Å²) in [6.07, 6.45) is 0.379. The van der Waals surface area contributed by atoms with Gasteiger partial charge in [-0.05, 0) is 35.9 Å². The molecule has 0 aliphatic carbocycles. The number of methoxy groups -OCH3 is 1. The summed E-state index contributed by atoms with van der Waals surface area (Å²) < 4.78 is 6.67. The van der Waals surface area contributed by atoms with Crippen molar-refractivity contribution in [2.24, 2.45) is 0 Å². The predicted octanol–water partition coefficient (Wildman–Crippen LogP) is 1.92. The van der Waals surface area contributed by atoms with Crippen LogP contribution < -0.4 is 11.1 Å². The molecule has 144 valence electrons. The van der Waals surface area contributed by atoms with Gasteiger partial charge in [0.25, 0.3) is 0 Å². The normalized spacial score (nSPS) is 11.3. The summed E-state index contributed by atoms with van der Waals surface area (Å²) in [7, 11) is 1.66. The van der Waals surface area contributed by atoms with Crippen LogP contribution in [0.4, 0.5) is 11.6 Å². The fourth-order valence-electron chi connectivity index (χ4n) is 3.07. The van der Waals surface area contributed by atoms with Crippen molar-refractivity contribution in [1.29, 1.82) is 0 Å². The molecule has 0 spiro atoms. The molecular formula is C19H20N6O3. The van der Waals surface area contributed by atoms with E-state index in [0.29, 0.717) is 31.0 Å². The van der Waals surface area contributed by atoms with E-state index in [4.69, 9.17) is 15.5 Å². The molecule has 4 aromatic rings. The third-order valence-corrected chi connectivity index (χ3v) is 4.39. The second-order valence-corrected chi connectivity index (χ2v) is 6.38. The van der Waals surface area contributed by atoms with Crippen molar-refractivity contribution in [2.75, 3.05) is 31.3 Å². The number of aromatic hydroxyl groups is 2. The zero-order valence-corrected chi connectivity index (χ0v) is 15.3. The maximum Gasteiger partial charge on any atom is 0.240 e. The summed E-state index contributed by atoms with van der Waals surface area (Å²) in [5.74, 6) is 0.423. The number of aromatic nitrogens is 4. The quantitative estimate of drug-likeness (QED) is 0.295. The summed E-state index contributed by atoms with van der Waals surface area (Å²) >= 11 is 0. The first-order valence-corrected chi connectivity index (χ1v) is 8.73. The van der Waals surface area contributed by atoms with E-state index in [-0.39, 0.29) is 17.4 Å². The molecule has 9 heteroatoms. The number of ether oxygens (including phenoxy) is 1. The van der Waals surface area contributed by atoms with Crippen LogP contribution in [0.25, 0.3) is 16.6 Å². The van der Waals surface area contributed by atoms with Crippen LogP contribution in [0.15, 0.2) is 36.4 Å². The molecule has 0 bridgehead atoms. The first-order valence-electron chi connectivity index (χ1n) is 8.73. The van der Waals surface area contributed by atoms with E-state index in [2.05, 4.69) is 15.4 Å². The lowest BCUT2D eigenvalue weighted by atomic mass is 10.1. The van der Waals surface area contributed by atoms with E-state index in [9.17, 15) is 10.2 Å². The van der Waals surface area contributed by atoms with Crippen LogP contribution >= 0.6 is 0 Å². The average molecular weight is 380 g/mol. The number of benzene rings is 2. The Morgan fingerprint density at radius 1 is 1.11 bits per heavy atom. The van der Waals surface area contributed by atoms with Crippen molar-refractivity contribution >= 4 is 28.2 Å². The van der Waals surface area contributed by atoms with Gasteiger partial charge in [-0.2, -0.15) is 9.50 Å². The third-order valence-electron chi connectivity index (χ3n) is 4.39. The van der Waals surface area contributed by atoms with Gasteiger partial charge in [0.05, 0.1) is 12.1 Å². The van der Waals surface area contributed by atoms with Gasteiger partial charge in [0.15, 0.2) is 17.1 Å². The molecule has 28 heavy (non-hydrogen) atoms. The Bertz CT molecular complexity index is 1160. The van der Waals surface area contributed by atoms with E-state index in [1.807, 2.05) is 18.2 Å². The molecule has 9 nitrogen and oxygen atoms in total. The highest BCUT2D eigenvalue weighted by atomic mass is 16.5. The SMILES string of the molecule is COCCNc1ccc2c(c1)nc(Cc1ccc(O)c(O)c1)n1nc(N)nc21. The molecule has 2 heterocycles. The van der Waals surface area contributed by atoms with Crippen molar-refractivity contribution in [3.8, 4) is 11.5 Å². The Balaban J connectivity index is 1.79. The molecule has 0 amide bonds. The van der Waals surface area contributed by atoms with Crippen LogP contribution in [-0.4, -0.2) is 50.1 Å². The Kier molecular flexibility index (Phi) is 4.58. The number of phenolic OH excluding ortho intramolecular Hbond substituents is 2.